The van der Waals surface area contributed by atoms with Crippen molar-refractivity contribution in [1.82, 2.24) is 0 Å². The van der Waals surface area contributed by atoms with E-state index in [0.29, 0.717) is 49.9 Å². The summed E-state index contributed by atoms with van der Waals surface area (Å²) in [6, 6.07) is 9.68. The number of methoxy groups -OCH3 is 1. The van der Waals surface area contributed by atoms with E-state index in [1.54, 1.807) is 13.8 Å². The molecule has 0 amide bonds. The van der Waals surface area contributed by atoms with E-state index in [0.717, 1.165) is 76.2 Å². The van der Waals surface area contributed by atoms with Crippen LogP contribution in [-0.2, 0) is 63.7 Å². The van der Waals surface area contributed by atoms with Gasteiger partial charge in [-0.1, -0.05) is 110 Å². The maximum atomic E-state index is 13.8. The van der Waals surface area contributed by atoms with Crippen LogP contribution in [0.5, 0.6) is 0 Å². The van der Waals surface area contributed by atoms with Crippen LogP contribution >= 0.6 is 0 Å². The Bertz CT molecular complexity index is 1810. The second kappa shape index (κ2) is 27.4. The molecule has 3 aliphatic heterocycles. The summed E-state index contributed by atoms with van der Waals surface area (Å²) in [6.45, 7) is 15.1. The first kappa shape index (κ1) is 56.5. The van der Waals surface area contributed by atoms with Crippen molar-refractivity contribution in [3.63, 3.8) is 0 Å². The van der Waals surface area contributed by atoms with Crippen molar-refractivity contribution >= 4 is 24.2 Å². The largest absolute Gasteiger partial charge is 0.466 e. The first-order valence-electron chi connectivity index (χ1n) is 26.3. The molecular formula is C56H86O13. The molecule has 1 aromatic rings. The topological polar surface area (TPSA) is 162 Å². The summed E-state index contributed by atoms with van der Waals surface area (Å²) >= 11 is 0. The molecule has 3 heterocycles. The summed E-state index contributed by atoms with van der Waals surface area (Å²) in [5, 5.41) is 12.7. The third kappa shape index (κ3) is 16.5. The first-order valence-corrected chi connectivity index (χ1v) is 26.3. The molecule has 4 fully saturated rings. The average molecular weight is 967 g/mol. The van der Waals surface area contributed by atoms with Crippen LogP contribution in [-0.4, -0.2) is 97.3 Å². The fourth-order valence-electron chi connectivity index (χ4n) is 10.9. The highest BCUT2D eigenvalue weighted by Crippen LogP contribution is 2.49. The molecule has 1 unspecified atom stereocenters. The summed E-state index contributed by atoms with van der Waals surface area (Å²) in [5.74, 6) is -2.99. The molecule has 388 valence electrons. The maximum Gasteiger partial charge on any atom is 0.330 e. The van der Waals surface area contributed by atoms with Gasteiger partial charge in [0.1, 0.15) is 12.4 Å². The lowest BCUT2D eigenvalue weighted by Gasteiger charge is -2.51. The fraction of sp³-hybridized carbons (Fsp3) is 0.750. The third-order valence-electron chi connectivity index (χ3n) is 14.9. The van der Waals surface area contributed by atoms with Crippen molar-refractivity contribution in [3.8, 4) is 0 Å². The number of hydrogen-bond donors (Lipinski definition) is 1. The number of benzene rings is 1. The summed E-state index contributed by atoms with van der Waals surface area (Å²) in [6.07, 6.45) is 15.2. The zero-order valence-electron chi connectivity index (χ0n) is 43.2. The van der Waals surface area contributed by atoms with Gasteiger partial charge in [-0.15, -0.1) is 0 Å². The number of aldehydes is 1. The van der Waals surface area contributed by atoms with Crippen molar-refractivity contribution in [2.24, 2.45) is 23.2 Å². The normalized spacial score (nSPS) is 30.3. The molecule has 3 saturated heterocycles. The van der Waals surface area contributed by atoms with Crippen LogP contribution in [0.25, 0.3) is 0 Å². The number of unbranched alkanes of at least 4 members (excludes halogenated alkanes) is 4. The lowest BCUT2D eigenvalue weighted by molar-refractivity contribution is -0.342. The first-order chi connectivity index (χ1) is 33.0. The van der Waals surface area contributed by atoms with Gasteiger partial charge in [0.05, 0.1) is 50.8 Å². The lowest BCUT2D eigenvalue weighted by Crippen LogP contribution is -2.62. The van der Waals surface area contributed by atoms with Crippen LogP contribution in [0.4, 0.5) is 0 Å². The van der Waals surface area contributed by atoms with Crippen molar-refractivity contribution in [2.45, 2.75) is 231 Å². The molecule has 13 nitrogen and oxygen atoms in total. The number of carbonyl (C=O) groups is 4. The Morgan fingerprint density at radius 2 is 1.64 bits per heavy atom. The number of hydrogen-bond acceptors (Lipinski definition) is 13. The van der Waals surface area contributed by atoms with E-state index < -0.39 is 59.3 Å². The number of carbonyl (C=O) groups excluding carboxylic acids is 4. The van der Waals surface area contributed by atoms with E-state index in [1.165, 1.54) is 31.8 Å². The van der Waals surface area contributed by atoms with Gasteiger partial charge in [0, 0.05) is 43.1 Å². The summed E-state index contributed by atoms with van der Waals surface area (Å²) in [5.41, 5.74) is -0.121. The predicted molar refractivity (Wildman–Crippen MR) is 262 cm³/mol. The number of rotatable bonds is 25. The number of allylic oxidation sites excluding steroid dienone is 1. The Kier molecular flexibility index (Phi) is 22.4. The number of ether oxygens (including phenoxy) is 8. The van der Waals surface area contributed by atoms with Crippen molar-refractivity contribution in [2.75, 3.05) is 13.7 Å². The van der Waals surface area contributed by atoms with Gasteiger partial charge in [-0.3, -0.25) is 14.4 Å². The average Bonchev–Trinajstić information content (AvgIpc) is 3.31. The molecule has 11 atom stereocenters. The van der Waals surface area contributed by atoms with Crippen LogP contribution < -0.4 is 0 Å². The van der Waals surface area contributed by atoms with Crippen molar-refractivity contribution < 1.29 is 62.2 Å². The summed E-state index contributed by atoms with van der Waals surface area (Å²) in [4.78, 5) is 51.8. The molecule has 1 saturated carbocycles. The minimum atomic E-state index is -2.27. The minimum absolute atomic E-state index is 0.0282. The molecule has 1 aliphatic carbocycles. The van der Waals surface area contributed by atoms with Crippen LogP contribution in [0.2, 0.25) is 0 Å². The van der Waals surface area contributed by atoms with E-state index in [1.807, 2.05) is 37.3 Å². The SMILES string of the molecule is CCCCCCCC(=O)O[C@H]1/C(=C/C(=O)OC)C[C@H](C[C@@H](OC(=O)CCC[C@@H]2CCC[C@H](C[C@@H]3CCOC4(C[C@H](C)CC[C@H]4C(C)C)O3)O2)[C@@H](C)OCc2ccccc2)O[C@@]1(O)C(C)(C)/C=C/C=O. The molecule has 69 heavy (non-hydrogen) atoms. The zero-order valence-corrected chi connectivity index (χ0v) is 43.2. The van der Waals surface area contributed by atoms with E-state index in [9.17, 15) is 24.3 Å². The Morgan fingerprint density at radius 1 is 0.899 bits per heavy atom. The van der Waals surface area contributed by atoms with Crippen LogP contribution in [0.3, 0.4) is 0 Å². The van der Waals surface area contributed by atoms with Gasteiger partial charge in [-0.25, -0.2) is 4.79 Å². The number of esters is 3. The maximum absolute atomic E-state index is 13.8. The van der Waals surface area contributed by atoms with Gasteiger partial charge < -0.3 is 43.0 Å². The second-order valence-electron chi connectivity index (χ2n) is 21.3. The Labute approximate surface area is 413 Å². The highest BCUT2D eigenvalue weighted by Gasteiger charge is 2.58. The Hall–Kier alpha value is -3.46. The van der Waals surface area contributed by atoms with Crippen LogP contribution in [0.1, 0.15) is 176 Å². The van der Waals surface area contributed by atoms with Crippen molar-refractivity contribution in [1.29, 1.82) is 0 Å². The molecule has 1 aromatic carbocycles. The van der Waals surface area contributed by atoms with E-state index >= 15 is 0 Å². The minimum Gasteiger partial charge on any atom is -0.466 e. The molecule has 1 spiro atoms. The highest BCUT2D eigenvalue weighted by molar-refractivity contribution is 5.83. The predicted octanol–water partition coefficient (Wildman–Crippen LogP) is 10.6. The quantitative estimate of drug-likeness (QED) is 0.0324. The molecule has 13 heteroatoms. The molecule has 1 N–H and O–H groups in total. The van der Waals surface area contributed by atoms with Gasteiger partial charge in [-0.05, 0) is 100 Å². The Balaban J connectivity index is 1.27. The highest BCUT2D eigenvalue weighted by atomic mass is 16.7. The molecule has 0 radical (unpaired) electrons. The van der Waals surface area contributed by atoms with Gasteiger partial charge in [0.25, 0.3) is 0 Å². The smallest absolute Gasteiger partial charge is 0.330 e. The van der Waals surface area contributed by atoms with Crippen LogP contribution in [0, 0.1) is 23.2 Å². The summed E-state index contributed by atoms with van der Waals surface area (Å²) < 4.78 is 50.4. The summed E-state index contributed by atoms with van der Waals surface area (Å²) in [7, 11) is 1.24. The Morgan fingerprint density at radius 3 is 2.36 bits per heavy atom. The zero-order chi connectivity index (χ0) is 50.0. The molecule has 5 rings (SSSR count). The second-order valence-corrected chi connectivity index (χ2v) is 21.3. The van der Waals surface area contributed by atoms with E-state index in [2.05, 4.69) is 27.7 Å². The van der Waals surface area contributed by atoms with Gasteiger partial charge in [-0.2, -0.15) is 0 Å². The van der Waals surface area contributed by atoms with Gasteiger partial charge in [0.2, 0.25) is 5.79 Å². The van der Waals surface area contributed by atoms with E-state index in [-0.39, 0.29) is 56.2 Å². The standard InChI is InChI=1S/C56H86O13/c1-9-10-11-12-16-25-51(59)67-53-43(34-52(60)62-8)33-47(69-56(53,61)54(6,7)30-19-31-57)36-49(41(5)63-38-42-20-14-13-15-21-42)66-50(58)26-18-23-44-22-17-24-45(65-44)35-46-29-32-64-55(68-46)37-40(4)27-28-48(55)39(2)3/h13-15,19-21,30-31,34,39-41,44-49,53,61H,9-12,16-18,22-29,32-33,35-38H2,1-8H3/b30-19+,43-34+/t40-,41-,44+,45-,46+,47-,48+,49-,53+,55?,56-/m1/s1. The molecular weight excluding hydrogens is 881 g/mol. The molecule has 0 aromatic heterocycles. The third-order valence-corrected chi connectivity index (χ3v) is 14.9. The van der Waals surface area contributed by atoms with Crippen LogP contribution in [0.15, 0.2) is 54.1 Å². The lowest BCUT2D eigenvalue weighted by atomic mass is 9.72. The number of aliphatic hydroxyl groups is 1. The monoisotopic (exact) mass is 967 g/mol. The fourth-order valence-corrected chi connectivity index (χ4v) is 10.9. The van der Waals surface area contributed by atoms with Crippen molar-refractivity contribution in [3.05, 3.63) is 59.7 Å². The van der Waals surface area contributed by atoms with Gasteiger partial charge >= 0.3 is 17.9 Å². The van der Waals surface area contributed by atoms with E-state index in [4.69, 9.17) is 37.9 Å². The van der Waals surface area contributed by atoms with Gasteiger partial charge in [0.15, 0.2) is 11.9 Å². The molecule has 4 aliphatic rings. The molecule has 0 bridgehead atoms.